The molecular formula is C16H15BrF2N2O2S. The van der Waals surface area contributed by atoms with Gasteiger partial charge in [-0.05, 0) is 49.4 Å². The lowest BCUT2D eigenvalue weighted by Gasteiger charge is -2.31. The molecule has 0 saturated carbocycles. The smallest absolute Gasteiger partial charge is 0.240 e. The maximum Gasteiger partial charge on any atom is 0.240 e. The second-order valence-electron chi connectivity index (χ2n) is 5.48. The van der Waals surface area contributed by atoms with Crippen molar-refractivity contribution in [3.63, 3.8) is 0 Å². The fraction of sp³-hybridized carbons (Fsp3) is 0.250. The molecule has 2 aromatic rings. The van der Waals surface area contributed by atoms with Crippen molar-refractivity contribution in [3.8, 4) is 0 Å². The van der Waals surface area contributed by atoms with Crippen LogP contribution in [0.5, 0.6) is 0 Å². The zero-order valence-electron chi connectivity index (χ0n) is 12.8. The van der Waals surface area contributed by atoms with Gasteiger partial charge in [-0.3, -0.25) is 0 Å². The van der Waals surface area contributed by atoms with E-state index >= 15 is 0 Å². The van der Waals surface area contributed by atoms with E-state index in [-0.39, 0.29) is 22.9 Å². The number of nitrogens with zero attached hydrogens (tertiary/aromatic N) is 1. The predicted molar refractivity (Wildman–Crippen MR) is 91.5 cm³/mol. The highest BCUT2D eigenvalue weighted by Crippen LogP contribution is 2.32. The standard InChI is InChI=1S/C16H15BrF2N2O2S/c1-20-24(22,23)10-2-5-16(15(19)8-10)21-7-6-11-12(9-21)14(18)4-3-13(11)17/h2-5,8,20H,6-7,9H2,1H3. The fourth-order valence-corrected chi connectivity index (χ4v) is 4.14. The van der Waals surface area contributed by atoms with Gasteiger partial charge in [-0.25, -0.2) is 21.9 Å². The van der Waals surface area contributed by atoms with Crippen LogP contribution in [0.1, 0.15) is 11.1 Å². The first-order valence-electron chi connectivity index (χ1n) is 7.27. The lowest BCUT2D eigenvalue weighted by Crippen LogP contribution is -2.32. The number of halogens is 3. The van der Waals surface area contributed by atoms with Gasteiger partial charge < -0.3 is 4.90 Å². The van der Waals surface area contributed by atoms with Gasteiger partial charge in [0.15, 0.2) is 0 Å². The third-order valence-corrected chi connectivity index (χ3v) is 6.29. The first kappa shape index (κ1) is 17.3. The molecule has 8 heteroatoms. The fourth-order valence-electron chi connectivity index (χ4n) is 2.83. The molecule has 24 heavy (non-hydrogen) atoms. The average molecular weight is 417 g/mol. The molecule has 1 N–H and O–H groups in total. The Balaban J connectivity index is 1.95. The number of rotatable bonds is 3. The molecule has 0 aliphatic carbocycles. The highest BCUT2D eigenvalue weighted by atomic mass is 79.9. The molecule has 0 saturated heterocycles. The van der Waals surface area contributed by atoms with E-state index in [0.29, 0.717) is 18.5 Å². The molecular weight excluding hydrogens is 402 g/mol. The molecule has 1 aliphatic heterocycles. The minimum atomic E-state index is -3.70. The summed E-state index contributed by atoms with van der Waals surface area (Å²) < 4.78 is 55.0. The number of hydrogen-bond donors (Lipinski definition) is 1. The molecule has 0 aromatic heterocycles. The molecule has 1 aliphatic rings. The van der Waals surface area contributed by atoms with Gasteiger partial charge in [-0.1, -0.05) is 15.9 Å². The molecule has 1 heterocycles. The van der Waals surface area contributed by atoms with Crippen molar-refractivity contribution in [2.45, 2.75) is 17.9 Å². The summed E-state index contributed by atoms with van der Waals surface area (Å²) in [6.07, 6.45) is 0.573. The molecule has 0 spiro atoms. The van der Waals surface area contributed by atoms with Gasteiger partial charge in [0.05, 0.1) is 10.6 Å². The maximum absolute atomic E-state index is 14.4. The summed E-state index contributed by atoms with van der Waals surface area (Å²) in [6.45, 7) is 0.750. The Morgan fingerprint density at radius 2 is 1.88 bits per heavy atom. The van der Waals surface area contributed by atoms with Crippen LogP contribution in [0.25, 0.3) is 0 Å². The summed E-state index contributed by atoms with van der Waals surface area (Å²) in [5.41, 5.74) is 1.68. The van der Waals surface area contributed by atoms with Crippen molar-refractivity contribution in [2.24, 2.45) is 0 Å². The van der Waals surface area contributed by atoms with Crippen LogP contribution in [-0.2, 0) is 23.0 Å². The molecule has 3 rings (SSSR count). The van der Waals surface area contributed by atoms with Gasteiger partial charge in [-0.15, -0.1) is 0 Å². The SMILES string of the molecule is CNS(=O)(=O)c1ccc(N2CCc3c(Br)ccc(F)c3C2)c(F)c1. The van der Waals surface area contributed by atoms with Crippen molar-refractivity contribution in [1.82, 2.24) is 4.72 Å². The number of hydrogen-bond acceptors (Lipinski definition) is 3. The van der Waals surface area contributed by atoms with Crippen LogP contribution in [0.3, 0.4) is 0 Å². The van der Waals surface area contributed by atoms with Crippen LogP contribution in [0.15, 0.2) is 39.7 Å². The first-order valence-corrected chi connectivity index (χ1v) is 9.55. The van der Waals surface area contributed by atoms with Crippen molar-refractivity contribution in [2.75, 3.05) is 18.5 Å². The Morgan fingerprint density at radius 1 is 1.12 bits per heavy atom. The van der Waals surface area contributed by atoms with Gasteiger partial charge in [0.2, 0.25) is 10.0 Å². The second kappa shape index (κ2) is 6.42. The Bertz CT molecular complexity index is 903. The molecule has 0 amide bonds. The van der Waals surface area contributed by atoms with Crippen molar-refractivity contribution in [1.29, 1.82) is 0 Å². The Morgan fingerprint density at radius 3 is 2.54 bits per heavy atom. The van der Waals surface area contributed by atoms with Gasteiger partial charge in [-0.2, -0.15) is 0 Å². The second-order valence-corrected chi connectivity index (χ2v) is 8.22. The number of anilines is 1. The van der Waals surface area contributed by atoms with E-state index in [1.54, 1.807) is 11.0 Å². The van der Waals surface area contributed by atoms with Crippen LogP contribution in [0.4, 0.5) is 14.5 Å². The maximum atomic E-state index is 14.4. The van der Waals surface area contributed by atoms with Crippen molar-refractivity contribution < 1.29 is 17.2 Å². The minimum absolute atomic E-state index is 0.141. The monoisotopic (exact) mass is 416 g/mol. The Kier molecular flexibility index (Phi) is 4.63. The summed E-state index contributed by atoms with van der Waals surface area (Å²) in [6, 6.07) is 6.79. The summed E-state index contributed by atoms with van der Waals surface area (Å²) in [4.78, 5) is 1.57. The van der Waals surface area contributed by atoms with Gasteiger partial charge in [0.1, 0.15) is 11.6 Å². The molecule has 4 nitrogen and oxygen atoms in total. The van der Waals surface area contributed by atoms with Gasteiger partial charge >= 0.3 is 0 Å². The van der Waals surface area contributed by atoms with E-state index in [1.807, 2.05) is 0 Å². The summed E-state index contributed by atoms with van der Waals surface area (Å²) in [5, 5.41) is 0. The molecule has 0 radical (unpaired) electrons. The zero-order chi connectivity index (χ0) is 17.5. The molecule has 128 valence electrons. The molecule has 2 aromatic carbocycles. The van der Waals surface area contributed by atoms with Crippen LogP contribution >= 0.6 is 15.9 Å². The van der Waals surface area contributed by atoms with Crippen molar-refractivity contribution >= 4 is 31.6 Å². The first-order chi connectivity index (χ1) is 11.3. The third-order valence-electron chi connectivity index (χ3n) is 4.14. The van der Waals surface area contributed by atoms with E-state index in [1.165, 1.54) is 25.2 Å². The largest absolute Gasteiger partial charge is 0.364 e. The van der Waals surface area contributed by atoms with E-state index < -0.39 is 15.8 Å². The third kappa shape index (κ3) is 3.05. The Hall–Kier alpha value is -1.51. The molecule has 0 atom stereocenters. The average Bonchev–Trinajstić information content (AvgIpc) is 2.58. The lowest BCUT2D eigenvalue weighted by atomic mass is 9.98. The lowest BCUT2D eigenvalue weighted by molar-refractivity contribution is 0.572. The van der Waals surface area contributed by atoms with Gasteiger partial charge in [0.25, 0.3) is 0 Å². The van der Waals surface area contributed by atoms with Crippen LogP contribution < -0.4 is 9.62 Å². The van der Waals surface area contributed by atoms with E-state index in [0.717, 1.165) is 16.1 Å². The highest BCUT2D eigenvalue weighted by molar-refractivity contribution is 9.10. The minimum Gasteiger partial charge on any atom is -0.364 e. The number of benzene rings is 2. The quantitative estimate of drug-likeness (QED) is 0.835. The Labute approximate surface area is 147 Å². The highest BCUT2D eigenvalue weighted by Gasteiger charge is 2.24. The van der Waals surface area contributed by atoms with Crippen LogP contribution in [-0.4, -0.2) is 22.0 Å². The number of fused-ring (bicyclic) bond motifs is 1. The topological polar surface area (TPSA) is 49.4 Å². The van der Waals surface area contributed by atoms with Gasteiger partial charge in [0, 0.05) is 23.1 Å². The molecule has 0 fully saturated rings. The normalized spacial score (nSPS) is 14.6. The van der Waals surface area contributed by atoms with E-state index in [4.69, 9.17) is 0 Å². The van der Waals surface area contributed by atoms with Crippen LogP contribution in [0, 0.1) is 11.6 Å². The number of sulfonamides is 1. The van der Waals surface area contributed by atoms with E-state index in [2.05, 4.69) is 20.7 Å². The zero-order valence-corrected chi connectivity index (χ0v) is 15.2. The summed E-state index contributed by atoms with van der Waals surface area (Å²) >= 11 is 3.41. The van der Waals surface area contributed by atoms with Crippen LogP contribution in [0.2, 0.25) is 0 Å². The molecule has 0 unspecified atom stereocenters. The van der Waals surface area contributed by atoms with E-state index in [9.17, 15) is 17.2 Å². The molecule has 0 bridgehead atoms. The van der Waals surface area contributed by atoms with Crippen molar-refractivity contribution in [3.05, 3.63) is 57.6 Å². The summed E-state index contributed by atoms with van der Waals surface area (Å²) in [7, 11) is -2.44. The predicted octanol–water partition coefficient (Wildman–Crippen LogP) is 3.20. The summed E-state index contributed by atoms with van der Waals surface area (Å²) in [5.74, 6) is -0.974. The number of nitrogens with one attached hydrogen (secondary N) is 1.